The maximum atomic E-state index is 12.8. The molecule has 1 aliphatic heterocycles. The standard InChI is InChI=1S/C18H21N3O5S2/c1-13(22)21-9-3-5-15-11-17(7-8-18(15)21)28(25,26)20-16-6-2-4-14(10-16)12-27(19,23)24/h2,4,6-8,10-11,20H,3,5,9,12H2,1H3,(H2,19,23,24). The van der Waals surface area contributed by atoms with Crippen molar-refractivity contribution >= 4 is 37.3 Å². The van der Waals surface area contributed by atoms with Gasteiger partial charge in [-0.1, -0.05) is 12.1 Å². The molecular weight excluding hydrogens is 402 g/mol. The minimum Gasteiger partial charge on any atom is -0.312 e. The molecule has 0 spiro atoms. The molecule has 2 aromatic rings. The maximum absolute atomic E-state index is 12.8. The number of sulfonamides is 2. The molecule has 3 rings (SSSR count). The zero-order chi connectivity index (χ0) is 20.5. The number of nitrogens with one attached hydrogen (secondary N) is 1. The van der Waals surface area contributed by atoms with Gasteiger partial charge in [0, 0.05) is 24.8 Å². The largest absolute Gasteiger partial charge is 0.312 e. The number of benzene rings is 2. The number of hydrogen-bond donors (Lipinski definition) is 2. The van der Waals surface area contributed by atoms with E-state index < -0.39 is 20.0 Å². The molecule has 0 bridgehead atoms. The molecule has 28 heavy (non-hydrogen) atoms. The summed E-state index contributed by atoms with van der Waals surface area (Å²) >= 11 is 0. The van der Waals surface area contributed by atoms with Gasteiger partial charge in [0.05, 0.1) is 10.6 Å². The Hall–Kier alpha value is -2.43. The van der Waals surface area contributed by atoms with Crippen molar-refractivity contribution in [2.24, 2.45) is 5.14 Å². The second kappa shape index (κ2) is 7.53. The van der Waals surface area contributed by atoms with Crippen molar-refractivity contribution < 1.29 is 21.6 Å². The first-order valence-electron chi connectivity index (χ1n) is 8.58. The number of amides is 1. The molecule has 0 aromatic heterocycles. The lowest BCUT2D eigenvalue weighted by atomic mass is 10.0. The average Bonchev–Trinajstić information content (AvgIpc) is 2.59. The van der Waals surface area contributed by atoms with Crippen molar-refractivity contribution in [2.45, 2.75) is 30.4 Å². The molecule has 0 aliphatic carbocycles. The van der Waals surface area contributed by atoms with Gasteiger partial charge in [-0.15, -0.1) is 0 Å². The summed E-state index contributed by atoms with van der Waals surface area (Å²) in [6, 6.07) is 10.7. The lowest BCUT2D eigenvalue weighted by molar-refractivity contribution is -0.116. The number of primary sulfonamides is 1. The number of carbonyl (C=O) groups is 1. The summed E-state index contributed by atoms with van der Waals surface area (Å²) in [5, 5.41) is 5.04. The van der Waals surface area contributed by atoms with Crippen LogP contribution in [0.1, 0.15) is 24.5 Å². The topological polar surface area (TPSA) is 127 Å². The van der Waals surface area contributed by atoms with Crippen molar-refractivity contribution in [3.05, 3.63) is 53.6 Å². The summed E-state index contributed by atoms with van der Waals surface area (Å²) < 4.78 is 50.5. The minimum absolute atomic E-state index is 0.0773. The third-order valence-electron chi connectivity index (χ3n) is 4.41. The van der Waals surface area contributed by atoms with Gasteiger partial charge in [0.15, 0.2) is 0 Å². The third kappa shape index (κ3) is 4.70. The Balaban J connectivity index is 1.88. The summed E-state index contributed by atoms with van der Waals surface area (Å²) in [5.74, 6) is -0.469. The third-order valence-corrected chi connectivity index (χ3v) is 6.52. The molecule has 2 aromatic carbocycles. The van der Waals surface area contributed by atoms with E-state index in [1.54, 1.807) is 29.2 Å². The quantitative estimate of drug-likeness (QED) is 0.755. The van der Waals surface area contributed by atoms with Gasteiger partial charge in [-0.25, -0.2) is 22.0 Å². The molecule has 0 fully saturated rings. The Labute approximate surface area is 164 Å². The van der Waals surface area contributed by atoms with Gasteiger partial charge in [0.25, 0.3) is 10.0 Å². The van der Waals surface area contributed by atoms with E-state index in [9.17, 15) is 21.6 Å². The van der Waals surface area contributed by atoms with Crippen LogP contribution in [-0.2, 0) is 37.0 Å². The fraction of sp³-hybridized carbons (Fsp3) is 0.278. The number of nitrogens with zero attached hydrogens (tertiary/aromatic N) is 1. The summed E-state index contributed by atoms with van der Waals surface area (Å²) in [7, 11) is -7.60. The Morgan fingerprint density at radius 3 is 2.57 bits per heavy atom. The highest BCUT2D eigenvalue weighted by molar-refractivity contribution is 7.92. The predicted octanol–water partition coefficient (Wildman–Crippen LogP) is 1.58. The van der Waals surface area contributed by atoms with Crippen LogP contribution in [0.4, 0.5) is 11.4 Å². The van der Waals surface area contributed by atoms with Crippen molar-refractivity contribution in [2.75, 3.05) is 16.2 Å². The minimum atomic E-state index is -3.88. The van der Waals surface area contributed by atoms with Gasteiger partial charge >= 0.3 is 0 Å². The molecule has 0 radical (unpaired) electrons. The molecule has 0 unspecified atom stereocenters. The number of rotatable bonds is 5. The zero-order valence-electron chi connectivity index (χ0n) is 15.3. The molecule has 1 heterocycles. The van der Waals surface area contributed by atoms with Crippen molar-refractivity contribution in [1.29, 1.82) is 0 Å². The molecular formula is C18H21N3O5S2. The molecule has 0 saturated carbocycles. The molecule has 150 valence electrons. The Morgan fingerprint density at radius 2 is 1.89 bits per heavy atom. The molecule has 0 atom stereocenters. The molecule has 8 nitrogen and oxygen atoms in total. The summed E-state index contributed by atoms with van der Waals surface area (Å²) in [4.78, 5) is 13.5. The SMILES string of the molecule is CC(=O)N1CCCc2cc(S(=O)(=O)Nc3cccc(CS(N)(=O)=O)c3)ccc21. The maximum Gasteiger partial charge on any atom is 0.261 e. The predicted molar refractivity (Wildman–Crippen MR) is 107 cm³/mol. The van der Waals surface area contributed by atoms with Crippen LogP contribution in [0.5, 0.6) is 0 Å². The van der Waals surface area contributed by atoms with E-state index in [0.29, 0.717) is 18.5 Å². The normalized spacial score (nSPS) is 14.4. The number of hydrogen-bond acceptors (Lipinski definition) is 5. The summed E-state index contributed by atoms with van der Waals surface area (Å²) in [6.45, 7) is 2.10. The van der Waals surface area contributed by atoms with E-state index in [-0.39, 0.29) is 22.2 Å². The van der Waals surface area contributed by atoms with E-state index in [4.69, 9.17) is 5.14 Å². The highest BCUT2D eigenvalue weighted by Gasteiger charge is 2.23. The number of aryl methyl sites for hydroxylation is 1. The Kier molecular flexibility index (Phi) is 5.46. The molecule has 1 amide bonds. The number of nitrogens with two attached hydrogens (primary N) is 1. The smallest absolute Gasteiger partial charge is 0.261 e. The van der Waals surface area contributed by atoms with Gasteiger partial charge in [0.2, 0.25) is 15.9 Å². The molecule has 10 heteroatoms. The van der Waals surface area contributed by atoms with Crippen molar-refractivity contribution in [1.82, 2.24) is 0 Å². The summed E-state index contributed by atoms with van der Waals surface area (Å²) in [5.41, 5.74) is 2.15. The Morgan fingerprint density at radius 1 is 1.14 bits per heavy atom. The summed E-state index contributed by atoms with van der Waals surface area (Å²) in [6.07, 6.45) is 1.45. The highest BCUT2D eigenvalue weighted by atomic mass is 32.2. The van der Waals surface area contributed by atoms with Gasteiger partial charge in [-0.3, -0.25) is 9.52 Å². The van der Waals surface area contributed by atoms with E-state index in [1.807, 2.05) is 0 Å². The second-order valence-electron chi connectivity index (χ2n) is 6.68. The van der Waals surface area contributed by atoms with E-state index in [1.165, 1.54) is 25.1 Å². The fourth-order valence-corrected chi connectivity index (χ4v) is 4.98. The fourth-order valence-electron chi connectivity index (χ4n) is 3.24. The zero-order valence-corrected chi connectivity index (χ0v) is 16.9. The molecule has 3 N–H and O–H groups in total. The van der Waals surface area contributed by atoms with E-state index >= 15 is 0 Å². The van der Waals surface area contributed by atoms with Crippen LogP contribution in [0, 0.1) is 0 Å². The van der Waals surface area contributed by atoms with Gasteiger partial charge in [-0.2, -0.15) is 0 Å². The number of anilines is 2. The lowest BCUT2D eigenvalue weighted by Gasteiger charge is -2.28. The van der Waals surface area contributed by atoms with Crippen LogP contribution in [0.3, 0.4) is 0 Å². The first-order valence-corrected chi connectivity index (χ1v) is 11.8. The van der Waals surface area contributed by atoms with Crippen molar-refractivity contribution in [3.63, 3.8) is 0 Å². The van der Waals surface area contributed by atoms with Crippen LogP contribution >= 0.6 is 0 Å². The van der Waals surface area contributed by atoms with Crippen LogP contribution in [0.25, 0.3) is 0 Å². The van der Waals surface area contributed by atoms with E-state index in [0.717, 1.165) is 17.7 Å². The Bertz CT molecular complexity index is 1130. The highest BCUT2D eigenvalue weighted by Crippen LogP contribution is 2.30. The first-order chi connectivity index (χ1) is 13.0. The van der Waals surface area contributed by atoms with Crippen LogP contribution in [0.15, 0.2) is 47.4 Å². The lowest BCUT2D eigenvalue weighted by Crippen LogP contribution is -2.33. The van der Waals surface area contributed by atoms with Crippen LogP contribution in [0.2, 0.25) is 0 Å². The average molecular weight is 424 g/mol. The van der Waals surface area contributed by atoms with Gasteiger partial charge in [0.1, 0.15) is 0 Å². The monoisotopic (exact) mass is 423 g/mol. The molecule has 0 saturated heterocycles. The first kappa shape index (κ1) is 20.3. The number of fused-ring (bicyclic) bond motifs is 1. The second-order valence-corrected chi connectivity index (χ2v) is 9.97. The van der Waals surface area contributed by atoms with Gasteiger partial charge < -0.3 is 4.90 Å². The van der Waals surface area contributed by atoms with Gasteiger partial charge in [-0.05, 0) is 54.3 Å². The van der Waals surface area contributed by atoms with Crippen molar-refractivity contribution in [3.8, 4) is 0 Å². The molecule has 1 aliphatic rings. The van der Waals surface area contributed by atoms with E-state index in [2.05, 4.69) is 4.72 Å². The number of carbonyl (C=O) groups excluding carboxylic acids is 1. The van der Waals surface area contributed by atoms with Crippen LogP contribution in [-0.4, -0.2) is 29.3 Å². The van der Waals surface area contributed by atoms with Crippen LogP contribution < -0.4 is 14.8 Å².